The molecule has 1 aromatic heterocycles. The molecule has 3 nitrogen and oxygen atoms in total. The van der Waals surface area contributed by atoms with Crippen molar-refractivity contribution in [1.29, 1.82) is 5.26 Å². The van der Waals surface area contributed by atoms with Crippen molar-refractivity contribution in [3.8, 4) is 6.07 Å². The van der Waals surface area contributed by atoms with Gasteiger partial charge in [-0.1, -0.05) is 26.8 Å². The summed E-state index contributed by atoms with van der Waals surface area (Å²) >= 11 is 4.93. The molecule has 0 spiro atoms. The van der Waals surface area contributed by atoms with Gasteiger partial charge in [0, 0.05) is 15.3 Å². The predicted molar refractivity (Wildman–Crippen MR) is 83.0 cm³/mol. The summed E-state index contributed by atoms with van der Waals surface area (Å²) < 4.78 is 0.785. The zero-order valence-corrected chi connectivity index (χ0v) is 13.4. The van der Waals surface area contributed by atoms with Crippen LogP contribution in [-0.4, -0.2) is 4.98 Å². The van der Waals surface area contributed by atoms with Gasteiger partial charge >= 0.3 is 0 Å². The molecule has 5 heteroatoms. The zero-order chi connectivity index (χ0) is 14.0. The Balaban J connectivity index is 2.30. The zero-order valence-electron chi connectivity index (χ0n) is 11.0. The highest BCUT2D eigenvalue weighted by molar-refractivity contribution is 9.10. The molecule has 98 valence electrons. The Morgan fingerprint density at radius 1 is 1.37 bits per heavy atom. The molecule has 0 radical (unpaired) electrons. The molecule has 0 aliphatic carbocycles. The number of benzene rings is 1. The van der Waals surface area contributed by atoms with E-state index in [1.54, 1.807) is 11.3 Å². The summed E-state index contributed by atoms with van der Waals surface area (Å²) in [5, 5.41) is 15.2. The SMILES string of the molecule is CC(C)(C)c1csc(Nc2cccc(Br)c2C#N)n1. The molecule has 0 saturated carbocycles. The minimum absolute atomic E-state index is 0.0335. The first-order valence-electron chi connectivity index (χ1n) is 5.83. The Bertz CT molecular complexity index is 635. The number of hydrogen-bond donors (Lipinski definition) is 1. The van der Waals surface area contributed by atoms with E-state index in [2.05, 4.69) is 53.1 Å². The fourth-order valence-electron chi connectivity index (χ4n) is 1.53. The van der Waals surface area contributed by atoms with Crippen molar-refractivity contribution >= 4 is 38.1 Å². The Hall–Kier alpha value is -1.38. The molecule has 0 atom stereocenters. The summed E-state index contributed by atoms with van der Waals surface area (Å²) in [6.45, 7) is 6.39. The first-order chi connectivity index (χ1) is 8.91. The highest BCUT2D eigenvalue weighted by atomic mass is 79.9. The number of aromatic nitrogens is 1. The van der Waals surface area contributed by atoms with Gasteiger partial charge in [-0.25, -0.2) is 4.98 Å². The molecule has 0 fully saturated rings. The van der Waals surface area contributed by atoms with Gasteiger partial charge in [-0.15, -0.1) is 11.3 Å². The van der Waals surface area contributed by atoms with Crippen LogP contribution in [0.15, 0.2) is 28.1 Å². The molecule has 1 N–H and O–H groups in total. The maximum Gasteiger partial charge on any atom is 0.187 e. The third-order valence-corrected chi connectivity index (χ3v) is 4.06. The van der Waals surface area contributed by atoms with Crippen molar-refractivity contribution in [2.45, 2.75) is 26.2 Å². The number of thiazole rings is 1. The van der Waals surface area contributed by atoms with E-state index in [4.69, 9.17) is 0 Å². The van der Waals surface area contributed by atoms with E-state index in [0.717, 1.165) is 21.0 Å². The van der Waals surface area contributed by atoms with E-state index in [-0.39, 0.29) is 5.41 Å². The van der Waals surface area contributed by atoms with Crippen molar-refractivity contribution in [2.24, 2.45) is 0 Å². The summed E-state index contributed by atoms with van der Waals surface area (Å²) in [5.74, 6) is 0. The average Bonchev–Trinajstić information content (AvgIpc) is 2.77. The van der Waals surface area contributed by atoms with Crippen LogP contribution in [0.2, 0.25) is 0 Å². The fourth-order valence-corrected chi connectivity index (χ4v) is 2.94. The molecular weight excluding hydrogens is 322 g/mol. The summed E-state index contributed by atoms with van der Waals surface area (Å²) in [4.78, 5) is 4.56. The van der Waals surface area contributed by atoms with Crippen LogP contribution in [0.25, 0.3) is 0 Å². The number of anilines is 2. The summed E-state index contributed by atoms with van der Waals surface area (Å²) in [6, 6.07) is 7.81. The number of nitrogens with one attached hydrogen (secondary N) is 1. The van der Waals surface area contributed by atoms with E-state index in [1.807, 2.05) is 23.6 Å². The molecule has 2 aromatic rings. The second kappa shape index (κ2) is 5.32. The van der Waals surface area contributed by atoms with Crippen LogP contribution in [0.3, 0.4) is 0 Å². The lowest BCUT2D eigenvalue weighted by Gasteiger charge is -2.14. The van der Waals surface area contributed by atoms with Gasteiger partial charge in [0.2, 0.25) is 0 Å². The summed E-state index contributed by atoms with van der Waals surface area (Å²) in [5.41, 5.74) is 2.45. The van der Waals surface area contributed by atoms with Crippen molar-refractivity contribution in [1.82, 2.24) is 4.98 Å². The van der Waals surface area contributed by atoms with Crippen LogP contribution >= 0.6 is 27.3 Å². The van der Waals surface area contributed by atoms with Gasteiger partial charge in [0.15, 0.2) is 5.13 Å². The van der Waals surface area contributed by atoms with Crippen molar-refractivity contribution in [3.05, 3.63) is 39.3 Å². The average molecular weight is 336 g/mol. The first-order valence-corrected chi connectivity index (χ1v) is 7.50. The van der Waals surface area contributed by atoms with Crippen LogP contribution < -0.4 is 5.32 Å². The molecule has 1 aromatic carbocycles. The molecule has 0 unspecified atom stereocenters. The lowest BCUT2D eigenvalue weighted by Crippen LogP contribution is -2.11. The van der Waals surface area contributed by atoms with E-state index in [0.29, 0.717) is 5.56 Å². The standard InChI is InChI=1S/C14H14BrN3S/c1-14(2,3)12-8-19-13(18-12)17-11-6-4-5-10(15)9(11)7-16/h4-6,8H,1-3H3,(H,17,18). The van der Waals surface area contributed by atoms with E-state index in [1.165, 1.54) is 0 Å². The van der Waals surface area contributed by atoms with Gasteiger partial charge < -0.3 is 5.32 Å². The Morgan fingerprint density at radius 3 is 2.68 bits per heavy atom. The van der Waals surface area contributed by atoms with Crippen molar-refractivity contribution < 1.29 is 0 Å². The first kappa shape index (κ1) is 14.0. The predicted octanol–water partition coefficient (Wildman–Crippen LogP) is 4.82. The van der Waals surface area contributed by atoms with Crippen molar-refractivity contribution in [3.63, 3.8) is 0 Å². The van der Waals surface area contributed by atoms with Gasteiger partial charge in [0.1, 0.15) is 6.07 Å². The van der Waals surface area contributed by atoms with Crippen LogP contribution in [0.5, 0.6) is 0 Å². The van der Waals surface area contributed by atoms with Crippen LogP contribution in [0, 0.1) is 11.3 Å². The highest BCUT2D eigenvalue weighted by Crippen LogP contribution is 2.31. The molecule has 0 saturated heterocycles. The molecule has 2 rings (SSSR count). The van der Waals surface area contributed by atoms with Gasteiger partial charge in [0.05, 0.1) is 16.9 Å². The maximum atomic E-state index is 9.17. The number of nitriles is 1. The number of halogens is 1. The number of hydrogen-bond acceptors (Lipinski definition) is 4. The van der Waals surface area contributed by atoms with Crippen LogP contribution in [0.1, 0.15) is 32.0 Å². The maximum absolute atomic E-state index is 9.17. The Labute approximate surface area is 125 Å². The van der Waals surface area contributed by atoms with Gasteiger partial charge in [0.25, 0.3) is 0 Å². The van der Waals surface area contributed by atoms with E-state index >= 15 is 0 Å². The summed E-state index contributed by atoms with van der Waals surface area (Å²) in [7, 11) is 0. The fraction of sp³-hybridized carbons (Fsp3) is 0.286. The van der Waals surface area contributed by atoms with Gasteiger partial charge in [-0.3, -0.25) is 0 Å². The number of nitrogens with zero attached hydrogens (tertiary/aromatic N) is 2. The second-order valence-electron chi connectivity index (χ2n) is 5.19. The largest absolute Gasteiger partial charge is 0.330 e. The lowest BCUT2D eigenvalue weighted by atomic mass is 9.93. The quantitative estimate of drug-likeness (QED) is 0.855. The third kappa shape index (κ3) is 3.14. The monoisotopic (exact) mass is 335 g/mol. The normalized spacial score (nSPS) is 11.1. The minimum Gasteiger partial charge on any atom is -0.330 e. The van der Waals surface area contributed by atoms with E-state index < -0.39 is 0 Å². The van der Waals surface area contributed by atoms with Gasteiger partial charge in [-0.05, 0) is 28.1 Å². The van der Waals surface area contributed by atoms with Crippen LogP contribution in [0.4, 0.5) is 10.8 Å². The number of rotatable bonds is 2. The molecule has 0 aliphatic heterocycles. The van der Waals surface area contributed by atoms with Gasteiger partial charge in [-0.2, -0.15) is 5.26 Å². The second-order valence-corrected chi connectivity index (χ2v) is 6.90. The highest BCUT2D eigenvalue weighted by Gasteiger charge is 2.17. The molecule has 0 bridgehead atoms. The third-order valence-electron chi connectivity index (χ3n) is 2.64. The van der Waals surface area contributed by atoms with E-state index in [9.17, 15) is 5.26 Å². The minimum atomic E-state index is 0.0335. The van der Waals surface area contributed by atoms with Crippen LogP contribution in [-0.2, 0) is 5.41 Å². The molecule has 0 aliphatic rings. The molecule has 19 heavy (non-hydrogen) atoms. The molecule has 1 heterocycles. The molecule has 0 amide bonds. The smallest absolute Gasteiger partial charge is 0.187 e. The Morgan fingerprint density at radius 2 is 2.11 bits per heavy atom. The Kier molecular flexibility index (Phi) is 3.93. The van der Waals surface area contributed by atoms with Crippen molar-refractivity contribution in [2.75, 3.05) is 5.32 Å². The lowest BCUT2D eigenvalue weighted by molar-refractivity contribution is 0.573. The molecular formula is C14H14BrN3S. The summed E-state index contributed by atoms with van der Waals surface area (Å²) in [6.07, 6.45) is 0. The topological polar surface area (TPSA) is 48.7 Å².